The first-order valence-electron chi connectivity index (χ1n) is 6.68. The van der Waals surface area contributed by atoms with Crippen LogP contribution in [0.2, 0.25) is 0 Å². The van der Waals surface area contributed by atoms with Crippen molar-refractivity contribution in [3.8, 4) is 0 Å². The van der Waals surface area contributed by atoms with Gasteiger partial charge >= 0.3 is 0 Å². The van der Waals surface area contributed by atoms with Crippen LogP contribution in [0.5, 0.6) is 0 Å². The SMILES string of the molecule is NC(=O)C1CCCN1S(=O)(=O)CCSc1ccccc1N. The molecular weight excluding hydrogens is 310 g/mol. The van der Waals surface area contributed by atoms with Gasteiger partial charge in [0.1, 0.15) is 6.04 Å². The number of carbonyl (C=O) groups is 1. The molecule has 1 fully saturated rings. The minimum atomic E-state index is -3.47. The minimum absolute atomic E-state index is 0.0320. The highest BCUT2D eigenvalue weighted by Crippen LogP contribution is 2.26. The number of thioether (sulfide) groups is 1. The summed E-state index contributed by atoms with van der Waals surface area (Å²) >= 11 is 1.40. The molecule has 1 amide bonds. The molecule has 1 aromatic carbocycles. The van der Waals surface area contributed by atoms with Crippen LogP contribution in [0.1, 0.15) is 12.8 Å². The molecule has 1 aliphatic heterocycles. The van der Waals surface area contributed by atoms with E-state index in [0.29, 0.717) is 30.8 Å². The molecule has 0 radical (unpaired) electrons. The zero-order valence-electron chi connectivity index (χ0n) is 11.6. The molecule has 8 heteroatoms. The fourth-order valence-corrected chi connectivity index (χ4v) is 5.39. The van der Waals surface area contributed by atoms with Crippen LogP contribution in [0.4, 0.5) is 5.69 Å². The topological polar surface area (TPSA) is 106 Å². The third-order valence-corrected chi connectivity index (χ3v) is 6.63. The molecule has 4 N–H and O–H groups in total. The number of hydrogen-bond acceptors (Lipinski definition) is 5. The van der Waals surface area contributed by atoms with Gasteiger partial charge in [-0.2, -0.15) is 4.31 Å². The summed E-state index contributed by atoms with van der Waals surface area (Å²) in [5.74, 6) is -0.218. The Hall–Kier alpha value is -1.25. The number of sulfonamides is 1. The highest BCUT2D eigenvalue weighted by Gasteiger charge is 2.37. The second kappa shape index (κ2) is 6.67. The Kier molecular flexibility index (Phi) is 5.13. The van der Waals surface area contributed by atoms with Crippen molar-refractivity contribution in [2.75, 3.05) is 23.8 Å². The smallest absolute Gasteiger partial charge is 0.235 e. The largest absolute Gasteiger partial charge is 0.398 e. The Morgan fingerprint density at radius 3 is 2.76 bits per heavy atom. The molecule has 1 atom stereocenters. The molecule has 2 rings (SSSR count). The number of rotatable bonds is 6. The molecule has 0 aliphatic carbocycles. The number of anilines is 1. The monoisotopic (exact) mass is 329 g/mol. The summed E-state index contributed by atoms with van der Waals surface area (Å²) in [6.45, 7) is 0.369. The average molecular weight is 329 g/mol. The van der Waals surface area contributed by atoms with Gasteiger partial charge in [0, 0.05) is 22.9 Å². The van der Waals surface area contributed by atoms with Crippen molar-refractivity contribution < 1.29 is 13.2 Å². The van der Waals surface area contributed by atoms with Gasteiger partial charge in [-0.05, 0) is 25.0 Å². The zero-order valence-corrected chi connectivity index (χ0v) is 13.2. The fraction of sp³-hybridized carbons (Fsp3) is 0.462. The maximum Gasteiger partial charge on any atom is 0.235 e. The molecule has 1 aromatic rings. The van der Waals surface area contributed by atoms with Gasteiger partial charge < -0.3 is 11.5 Å². The molecule has 1 aliphatic rings. The van der Waals surface area contributed by atoms with Gasteiger partial charge in [-0.25, -0.2) is 8.42 Å². The maximum absolute atomic E-state index is 12.3. The van der Waals surface area contributed by atoms with E-state index in [-0.39, 0.29) is 5.75 Å². The second-order valence-corrected chi connectivity index (χ2v) is 8.05. The summed E-state index contributed by atoms with van der Waals surface area (Å²) in [6.07, 6.45) is 1.18. The number of hydrogen-bond donors (Lipinski definition) is 2. The van der Waals surface area contributed by atoms with Crippen LogP contribution in [-0.2, 0) is 14.8 Å². The van der Waals surface area contributed by atoms with E-state index in [4.69, 9.17) is 11.5 Å². The van der Waals surface area contributed by atoms with Crippen molar-refractivity contribution in [2.24, 2.45) is 5.73 Å². The number of amides is 1. The highest BCUT2D eigenvalue weighted by molar-refractivity contribution is 8.00. The van der Waals surface area contributed by atoms with Gasteiger partial charge in [0.05, 0.1) is 5.75 Å². The fourth-order valence-electron chi connectivity index (χ4n) is 2.34. The van der Waals surface area contributed by atoms with E-state index < -0.39 is 22.0 Å². The van der Waals surface area contributed by atoms with Crippen LogP contribution < -0.4 is 11.5 Å². The summed E-state index contributed by atoms with van der Waals surface area (Å²) < 4.78 is 25.8. The van der Waals surface area contributed by atoms with Crippen molar-refractivity contribution in [1.29, 1.82) is 0 Å². The number of nitrogens with zero attached hydrogens (tertiary/aromatic N) is 1. The van der Waals surface area contributed by atoms with Crippen LogP contribution >= 0.6 is 11.8 Å². The van der Waals surface area contributed by atoms with Gasteiger partial charge in [0.15, 0.2) is 0 Å². The molecule has 116 valence electrons. The molecule has 0 aromatic heterocycles. The minimum Gasteiger partial charge on any atom is -0.398 e. The predicted molar refractivity (Wildman–Crippen MR) is 84.3 cm³/mol. The highest BCUT2D eigenvalue weighted by atomic mass is 32.2. The van der Waals surface area contributed by atoms with Crippen molar-refractivity contribution in [2.45, 2.75) is 23.8 Å². The summed E-state index contributed by atoms with van der Waals surface area (Å²) in [4.78, 5) is 12.2. The van der Waals surface area contributed by atoms with Crippen LogP contribution in [0, 0.1) is 0 Å². The molecule has 1 saturated heterocycles. The standard InChI is InChI=1S/C13H19N3O3S2/c14-10-4-1-2-6-12(10)20-8-9-21(18,19)16-7-3-5-11(16)13(15)17/h1-2,4,6,11H,3,5,7-9,14H2,(H2,15,17). The normalized spacial score (nSPS) is 19.7. The number of nitrogen functional groups attached to an aromatic ring is 1. The lowest BCUT2D eigenvalue weighted by Gasteiger charge is -2.21. The van der Waals surface area contributed by atoms with E-state index in [1.54, 1.807) is 6.07 Å². The number of para-hydroxylation sites is 1. The summed E-state index contributed by atoms with van der Waals surface area (Å²) in [5, 5.41) is 0. The molecule has 0 bridgehead atoms. The van der Waals surface area contributed by atoms with Crippen molar-refractivity contribution in [1.82, 2.24) is 4.31 Å². The van der Waals surface area contributed by atoms with Crippen molar-refractivity contribution in [3.63, 3.8) is 0 Å². The van der Waals surface area contributed by atoms with Gasteiger partial charge in [0.2, 0.25) is 15.9 Å². The first-order chi connectivity index (χ1) is 9.92. The van der Waals surface area contributed by atoms with Gasteiger partial charge in [-0.1, -0.05) is 12.1 Å². The summed E-state index contributed by atoms with van der Waals surface area (Å²) in [7, 11) is -3.47. The Morgan fingerprint density at radius 1 is 1.38 bits per heavy atom. The third kappa shape index (κ3) is 3.90. The maximum atomic E-state index is 12.3. The number of primary amides is 1. The molecule has 0 saturated carbocycles. The predicted octanol–water partition coefficient (Wildman–Crippen LogP) is 0.640. The average Bonchev–Trinajstić information content (AvgIpc) is 2.91. The van der Waals surface area contributed by atoms with Gasteiger partial charge in [0.25, 0.3) is 0 Å². The van der Waals surface area contributed by atoms with Crippen molar-refractivity contribution in [3.05, 3.63) is 24.3 Å². The van der Waals surface area contributed by atoms with Crippen LogP contribution in [0.25, 0.3) is 0 Å². The first kappa shape index (κ1) is 16.1. The lowest BCUT2D eigenvalue weighted by Crippen LogP contribution is -2.44. The number of nitrogens with two attached hydrogens (primary N) is 2. The lowest BCUT2D eigenvalue weighted by atomic mass is 10.2. The first-order valence-corrected chi connectivity index (χ1v) is 9.27. The molecule has 0 spiro atoms. The van der Waals surface area contributed by atoms with Crippen LogP contribution in [0.15, 0.2) is 29.2 Å². The quantitative estimate of drug-likeness (QED) is 0.588. The summed E-state index contributed by atoms with van der Waals surface area (Å²) in [5.41, 5.74) is 11.7. The zero-order chi connectivity index (χ0) is 15.5. The third-order valence-electron chi connectivity index (χ3n) is 3.41. The number of benzene rings is 1. The Bertz CT molecular complexity index is 619. The van der Waals surface area contributed by atoms with E-state index in [1.165, 1.54) is 16.1 Å². The molecule has 21 heavy (non-hydrogen) atoms. The lowest BCUT2D eigenvalue weighted by molar-refractivity contribution is -0.121. The molecule has 1 unspecified atom stereocenters. The molecule has 6 nitrogen and oxygen atoms in total. The van der Waals surface area contributed by atoms with Crippen molar-refractivity contribution >= 4 is 33.4 Å². The molecule has 1 heterocycles. The van der Waals surface area contributed by atoms with E-state index in [1.807, 2.05) is 18.2 Å². The van der Waals surface area contributed by atoms with Crippen LogP contribution in [-0.4, -0.2) is 42.7 Å². The van der Waals surface area contributed by atoms with Gasteiger partial charge in [-0.15, -0.1) is 11.8 Å². The second-order valence-electron chi connectivity index (χ2n) is 4.87. The van der Waals surface area contributed by atoms with Gasteiger partial charge in [-0.3, -0.25) is 4.79 Å². The van der Waals surface area contributed by atoms with Crippen LogP contribution in [0.3, 0.4) is 0 Å². The Labute approximate surface area is 128 Å². The number of carbonyl (C=O) groups excluding carboxylic acids is 1. The summed E-state index contributed by atoms with van der Waals surface area (Å²) in [6, 6.07) is 6.63. The molecular formula is C13H19N3O3S2. The van der Waals surface area contributed by atoms with E-state index >= 15 is 0 Å². The van der Waals surface area contributed by atoms with E-state index in [2.05, 4.69) is 0 Å². The Balaban J connectivity index is 1.96. The van der Waals surface area contributed by atoms with E-state index in [9.17, 15) is 13.2 Å². The Morgan fingerprint density at radius 2 is 2.10 bits per heavy atom. The van der Waals surface area contributed by atoms with E-state index in [0.717, 1.165) is 4.90 Å².